The van der Waals surface area contributed by atoms with Crippen LogP contribution in [0.15, 0.2) is 22.7 Å². The Balaban J connectivity index is 2.82. The van der Waals surface area contributed by atoms with E-state index >= 15 is 0 Å². The highest BCUT2D eigenvalue weighted by atomic mass is 79.9. The predicted octanol–water partition coefficient (Wildman–Crippen LogP) is 4.68. The van der Waals surface area contributed by atoms with Crippen LogP contribution in [0.4, 0.5) is 4.39 Å². The molecular weight excluding hydrogens is 281 g/mol. The summed E-state index contributed by atoms with van der Waals surface area (Å²) in [5.41, 5.74) is 1.30. The van der Waals surface area contributed by atoms with Crippen molar-refractivity contribution in [2.75, 3.05) is 7.05 Å². The number of rotatable bonds is 4. The van der Waals surface area contributed by atoms with Crippen LogP contribution in [0.2, 0.25) is 0 Å². The van der Waals surface area contributed by atoms with Crippen LogP contribution in [0.25, 0.3) is 0 Å². The molecule has 17 heavy (non-hydrogen) atoms. The van der Waals surface area contributed by atoms with Crippen molar-refractivity contribution in [3.8, 4) is 0 Å². The first kappa shape index (κ1) is 14.7. The van der Waals surface area contributed by atoms with Crippen molar-refractivity contribution in [3.05, 3.63) is 34.1 Å². The van der Waals surface area contributed by atoms with Crippen LogP contribution in [0.3, 0.4) is 0 Å². The third-order valence-corrected chi connectivity index (χ3v) is 3.59. The van der Waals surface area contributed by atoms with E-state index in [2.05, 4.69) is 42.0 Å². The average molecular weight is 302 g/mol. The maximum Gasteiger partial charge on any atom is 0.123 e. The van der Waals surface area contributed by atoms with Gasteiger partial charge in [0.15, 0.2) is 0 Å². The van der Waals surface area contributed by atoms with Crippen LogP contribution >= 0.6 is 15.9 Å². The molecule has 0 spiro atoms. The highest BCUT2D eigenvalue weighted by Crippen LogP contribution is 2.31. The third-order valence-electron chi connectivity index (χ3n) is 2.86. The van der Waals surface area contributed by atoms with Crippen LogP contribution in [0, 0.1) is 11.2 Å². The SMILES string of the molecule is CNC(CCC(C)(C)C)c1cc(F)ccc1Br. The van der Waals surface area contributed by atoms with Crippen molar-refractivity contribution >= 4 is 15.9 Å². The lowest BCUT2D eigenvalue weighted by Gasteiger charge is -2.24. The van der Waals surface area contributed by atoms with Gasteiger partial charge in [-0.05, 0) is 49.1 Å². The van der Waals surface area contributed by atoms with Gasteiger partial charge >= 0.3 is 0 Å². The minimum Gasteiger partial charge on any atom is -0.313 e. The van der Waals surface area contributed by atoms with Crippen LogP contribution < -0.4 is 5.32 Å². The van der Waals surface area contributed by atoms with Gasteiger partial charge in [0.1, 0.15) is 5.82 Å². The Hall–Kier alpha value is -0.410. The van der Waals surface area contributed by atoms with Crippen molar-refractivity contribution in [3.63, 3.8) is 0 Å². The van der Waals surface area contributed by atoms with Gasteiger partial charge in [0.25, 0.3) is 0 Å². The van der Waals surface area contributed by atoms with E-state index in [0.717, 1.165) is 22.9 Å². The molecule has 96 valence electrons. The summed E-state index contributed by atoms with van der Waals surface area (Å²) in [5, 5.41) is 3.26. The Morgan fingerprint density at radius 2 is 2.00 bits per heavy atom. The van der Waals surface area contributed by atoms with Crippen molar-refractivity contribution in [1.29, 1.82) is 0 Å². The van der Waals surface area contributed by atoms with Crippen LogP contribution in [-0.4, -0.2) is 7.05 Å². The molecule has 0 aromatic heterocycles. The summed E-state index contributed by atoms with van der Waals surface area (Å²) in [6.07, 6.45) is 2.10. The van der Waals surface area contributed by atoms with Crippen molar-refractivity contribution in [2.24, 2.45) is 5.41 Å². The number of nitrogens with one attached hydrogen (secondary N) is 1. The molecule has 1 aromatic carbocycles. The fraction of sp³-hybridized carbons (Fsp3) is 0.571. The number of benzene rings is 1. The van der Waals surface area contributed by atoms with Gasteiger partial charge in [0, 0.05) is 10.5 Å². The van der Waals surface area contributed by atoms with Crippen molar-refractivity contribution < 1.29 is 4.39 Å². The van der Waals surface area contributed by atoms with E-state index in [-0.39, 0.29) is 11.9 Å². The molecule has 0 fully saturated rings. The summed E-state index contributed by atoms with van der Waals surface area (Å²) in [6.45, 7) is 6.67. The summed E-state index contributed by atoms with van der Waals surface area (Å²) < 4.78 is 14.2. The Bertz CT molecular complexity index is 371. The quantitative estimate of drug-likeness (QED) is 0.852. The van der Waals surface area contributed by atoms with E-state index in [1.54, 1.807) is 12.1 Å². The second kappa shape index (κ2) is 5.96. The highest BCUT2D eigenvalue weighted by Gasteiger charge is 2.17. The largest absolute Gasteiger partial charge is 0.313 e. The average Bonchev–Trinajstić information content (AvgIpc) is 2.22. The van der Waals surface area contributed by atoms with E-state index < -0.39 is 0 Å². The van der Waals surface area contributed by atoms with E-state index in [9.17, 15) is 4.39 Å². The number of halogens is 2. The standard InChI is InChI=1S/C14H21BrFN/c1-14(2,3)8-7-13(17-4)11-9-10(16)5-6-12(11)15/h5-6,9,13,17H,7-8H2,1-4H3. The molecule has 0 aliphatic heterocycles. The maximum absolute atomic E-state index is 13.3. The highest BCUT2D eigenvalue weighted by molar-refractivity contribution is 9.10. The van der Waals surface area contributed by atoms with E-state index in [1.165, 1.54) is 6.07 Å². The molecule has 1 rings (SSSR count). The minimum atomic E-state index is -0.181. The fourth-order valence-corrected chi connectivity index (χ4v) is 2.34. The van der Waals surface area contributed by atoms with E-state index in [0.29, 0.717) is 5.41 Å². The molecule has 0 amide bonds. The van der Waals surface area contributed by atoms with Crippen LogP contribution in [0.5, 0.6) is 0 Å². The predicted molar refractivity (Wildman–Crippen MR) is 74.6 cm³/mol. The lowest BCUT2D eigenvalue weighted by atomic mass is 9.87. The lowest BCUT2D eigenvalue weighted by molar-refractivity contribution is 0.337. The van der Waals surface area contributed by atoms with Gasteiger partial charge in [-0.25, -0.2) is 4.39 Å². The van der Waals surface area contributed by atoms with Gasteiger partial charge in [0.2, 0.25) is 0 Å². The number of hydrogen-bond acceptors (Lipinski definition) is 1. The Kier molecular flexibility index (Phi) is 5.14. The topological polar surface area (TPSA) is 12.0 Å². The van der Waals surface area contributed by atoms with Gasteiger partial charge in [-0.3, -0.25) is 0 Å². The maximum atomic E-state index is 13.3. The van der Waals surface area contributed by atoms with Crippen molar-refractivity contribution in [1.82, 2.24) is 5.32 Å². The minimum absolute atomic E-state index is 0.181. The van der Waals surface area contributed by atoms with Crippen LogP contribution in [-0.2, 0) is 0 Å². The van der Waals surface area contributed by atoms with Gasteiger partial charge < -0.3 is 5.32 Å². The monoisotopic (exact) mass is 301 g/mol. The number of hydrogen-bond donors (Lipinski definition) is 1. The molecule has 0 bridgehead atoms. The molecule has 1 aromatic rings. The van der Waals surface area contributed by atoms with Gasteiger partial charge in [0.05, 0.1) is 0 Å². The first-order valence-corrected chi connectivity index (χ1v) is 6.75. The Morgan fingerprint density at radius 1 is 1.35 bits per heavy atom. The molecular formula is C14H21BrFN. The van der Waals surface area contributed by atoms with Gasteiger partial charge in [-0.15, -0.1) is 0 Å². The zero-order valence-corrected chi connectivity index (χ0v) is 12.6. The first-order chi connectivity index (χ1) is 7.83. The Morgan fingerprint density at radius 3 is 2.53 bits per heavy atom. The molecule has 0 aliphatic carbocycles. The molecule has 1 atom stereocenters. The van der Waals surface area contributed by atoms with Crippen LogP contribution in [0.1, 0.15) is 45.2 Å². The molecule has 3 heteroatoms. The first-order valence-electron chi connectivity index (χ1n) is 5.96. The molecule has 1 unspecified atom stereocenters. The molecule has 0 radical (unpaired) electrons. The summed E-state index contributed by atoms with van der Waals surface area (Å²) in [7, 11) is 1.92. The Labute approximate surface area is 112 Å². The van der Waals surface area contributed by atoms with Gasteiger partial charge in [-0.1, -0.05) is 36.7 Å². The smallest absolute Gasteiger partial charge is 0.123 e. The summed E-state index contributed by atoms with van der Waals surface area (Å²) in [5.74, 6) is -0.181. The summed E-state index contributed by atoms with van der Waals surface area (Å²) in [6, 6.07) is 5.05. The zero-order chi connectivity index (χ0) is 13.1. The molecule has 0 saturated carbocycles. The molecule has 0 heterocycles. The normalized spacial score (nSPS) is 13.8. The molecule has 1 nitrogen and oxygen atoms in total. The molecule has 1 N–H and O–H groups in total. The summed E-state index contributed by atoms with van der Waals surface area (Å²) >= 11 is 3.49. The second-order valence-electron chi connectivity index (χ2n) is 5.61. The summed E-state index contributed by atoms with van der Waals surface area (Å²) in [4.78, 5) is 0. The van der Waals surface area contributed by atoms with Crippen molar-refractivity contribution in [2.45, 2.75) is 39.7 Å². The molecule has 0 aliphatic rings. The van der Waals surface area contributed by atoms with E-state index in [1.807, 2.05) is 7.05 Å². The second-order valence-corrected chi connectivity index (χ2v) is 6.46. The third kappa shape index (κ3) is 4.76. The van der Waals surface area contributed by atoms with Gasteiger partial charge in [-0.2, -0.15) is 0 Å². The fourth-order valence-electron chi connectivity index (χ4n) is 1.81. The van der Waals surface area contributed by atoms with E-state index in [4.69, 9.17) is 0 Å². The lowest BCUT2D eigenvalue weighted by Crippen LogP contribution is -2.19. The zero-order valence-electron chi connectivity index (χ0n) is 11.0. The molecule has 0 saturated heterocycles.